The SMILES string of the molecule is CC1CCN(c2ccc(C(=O)NC3CCCC3(C)CO)cn2)CC1. The Balaban J connectivity index is 1.62. The number of piperidine rings is 1. The Hall–Kier alpha value is -1.62. The van der Waals surface area contributed by atoms with Crippen LogP contribution in [0.5, 0.6) is 0 Å². The number of rotatable bonds is 4. The Kier molecular flexibility index (Phi) is 5.09. The predicted octanol–water partition coefficient (Wildman–Crippen LogP) is 2.60. The lowest BCUT2D eigenvalue weighted by atomic mass is 9.85. The van der Waals surface area contributed by atoms with E-state index in [9.17, 15) is 9.90 Å². The maximum Gasteiger partial charge on any atom is 0.253 e. The van der Waals surface area contributed by atoms with E-state index in [4.69, 9.17) is 0 Å². The Labute approximate surface area is 144 Å². The van der Waals surface area contributed by atoms with E-state index in [0.29, 0.717) is 5.56 Å². The van der Waals surface area contributed by atoms with E-state index in [1.165, 1.54) is 12.8 Å². The van der Waals surface area contributed by atoms with Gasteiger partial charge in [0.2, 0.25) is 0 Å². The van der Waals surface area contributed by atoms with Gasteiger partial charge in [0.15, 0.2) is 0 Å². The Morgan fingerprint density at radius 2 is 2.12 bits per heavy atom. The fourth-order valence-corrected chi connectivity index (χ4v) is 3.86. The van der Waals surface area contributed by atoms with Crippen LogP contribution in [0.4, 0.5) is 5.82 Å². The molecular formula is C19H29N3O2. The Morgan fingerprint density at radius 1 is 1.38 bits per heavy atom. The Bertz CT molecular complexity index is 566. The summed E-state index contributed by atoms with van der Waals surface area (Å²) < 4.78 is 0. The zero-order chi connectivity index (χ0) is 17.2. The first-order valence-corrected chi connectivity index (χ1v) is 9.14. The average molecular weight is 331 g/mol. The fourth-order valence-electron chi connectivity index (χ4n) is 3.86. The van der Waals surface area contributed by atoms with Crippen LogP contribution < -0.4 is 10.2 Å². The molecule has 2 unspecified atom stereocenters. The van der Waals surface area contributed by atoms with Crippen LogP contribution in [-0.2, 0) is 0 Å². The molecule has 1 amide bonds. The quantitative estimate of drug-likeness (QED) is 0.890. The topological polar surface area (TPSA) is 65.5 Å². The summed E-state index contributed by atoms with van der Waals surface area (Å²) >= 11 is 0. The second-order valence-electron chi connectivity index (χ2n) is 7.81. The Morgan fingerprint density at radius 3 is 2.75 bits per heavy atom. The highest BCUT2D eigenvalue weighted by Crippen LogP contribution is 2.37. The second-order valence-corrected chi connectivity index (χ2v) is 7.81. The van der Waals surface area contributed by atoms with Crippen molar-refractivity contribution in [1.29, 1.82) is 0 Å². The van der Waals surface area contributed by atoms with Crippen molar-refractivity contribution in [3.63, 3.8) is 0 Å². The molecule has 132 valence electrons. The van der Waals surface area contributed by atoms with Crippen molar-refractivity contribution >= 4 is 11.7 Å². The number of hydrogen-bond acceptors (Lipinski definition) is 4. The minimum absolute atomic E-state index is 0.0401. The highest BCUT2D eigenvalue weighted by atomic mass is 16.3. The summed E-state index contributed by atoms with van der Waals surface area (Å²) in [5, 5.41) is 12.7. The van der Waals surface area contributed by atoms with E-state index in [2.05, 4.69) is 22.1 Å². The summed E-state index contributed by atoms with van der Waals surface area (Å²) in [5.74, 6) is 1.66. The molecule has 24 heavy (non-hydrogen) atoms. The normalized spacial score (nSPS) is 28.1. The minimum atomic E-state index is -0.201. The number of aliphatic hydroxyl groups is 1. The van der Waals surface area contributed by atoms with Crippen LogP contribution in [0, 0.1) is 11.3 Å². The lowest BCUT2D eigenvalue weighted by molar-refractivity contribution is 0.0830. The molecule has 0 spiro atoms. The number of aliphatic hydroxyl groups excluding tert-OH is 1. The van der Waals surface area contributed by atoms with E-state index >= 15 is 0 Å². The molecule has 1 saturated carbocycles. The number of carbonyl (C=O) groups excluding carboxylic acids is 1. The molecule has 1 aliphatic heterocycles. The largest absolute Gasteiger partial charge is 0.396 e. The number of anilines is 1. The molecule has 2 aliphatic rings. The van der Waals surface area contributed by atoms with Crippen molar-refractivity contribution in [1.82, 2.24) is 10.3 Å². The third-order valence-corrected chi connectivity index (χ3v) is 5.87. The predicted molar refractivity (Wildman–Crippen MR) is 95.1 cm³/mol. The summed E-state index contributed by atoms with van der Waals surface area (Å²) in [6, 6.07) is 3.85. The molecule has 2 heterocycles. The van der Waals surface area contributed by atoms with Crippen LogP contribution >= 0.6 is 0 Å². The van der Waals surface area contributed by atoms with Crippen LogP contribution in [0.15, 0.2) is 18.3 Å². The van der Waals surface area contributed by atoms with Crippen molar-refractivity contribution in [2.45, 2.75) is 52.0 Å². The monoisotopic (exact) mass is 331 g/mol. The summed E-state index contributed by atoms with van der Waals surface area (Å²) in [4.78, 5) is 19.3. The van der Waals surface area contributed by atoms with Crippen LogP contribution in [-0.4, -0.2) is 41.7 Å². The molecule has 2 atom stereocenters. The standard InChI is InChI=1S/C19H29N3O2/c1-14-7-10-22(11-8-14)17-6-5-15(12-20-17)18(24)21-16-4-3-9-19(16,2)13-23/h5-6,12,14,16,23H,3-4,7-11,13H2,1-2H3,(H,21,24). The molecule has 1 aromatic rings. The number of hydrogen-bond donors (Lipinski definition) is 2. The number of amides is 1. The first-order valence-electron chi connectivity index (χ1n) is 9.14. The first-order chi connectivity index (χ1) is 11.5. The highest BCUT2D eigenvalue weighted by molar-refractivity contribution is 5.94. The van der Waals surface area contributed by atoms with Crippen LogP contribution in [0.3, 0.4) is 0 Å². The summed E-state index contributed by atoms with van der Waals surface area (Å²) in [6.07, 6.45) is 7.01. The van der Waals surface area contributed by atoms with Gasteiger partial charge in [-0.05, 0) is 43.7 Å². The first kappa shape index (κ1) is 17.2. The van der Waals surface area contributed by atoms with Gasteiger partial charge in [-0.15, -0.1) is 0 Å². The molecule has 0 bridgehead atoms. The molecule has 1 aliphatic carbocycles. The van der Waals surface area contributed by atoms with Gasteiger partial charge < -0.3 is 15.3 Å². The van der Waals surface area contributed by atoms with Crippen molar-refractivity contribution < 1.29 is 9.90 Å². The summed E-state index contributed by atoms with van der Waals surface area (Å²) in [6.45, 7) is 6.53. The summed E-state index contributed by atoms with van der Waals surface area (Å²) in [7, 11) is 0. The van der Waals surface area contributed by atoms with Gasteiger partial charge in [-0.3, -0.25) is 4.79 Å². The molecule has 3 rings (SSSR count). The van der Waals surface area contributed by atoms with Gasteiger partial charge in [0.25, 0.3) is 5.91 Å². The van der Waals surface area contributed by atoms with Crippen LogP contribution in [0.2, 0.25) is 0 Å². The third kappa shape index (κ3) is 3.56. The summed E-state index contributed by atoms with van der Waals surface area (Å²) in [5.41, 5.74) is 0.393. The van der Waals surface area contributed by atoms with Crippen molar-refractivity contribution in [2.75, 3.05) is 24.6 Å². The van der Waals surface area contributed by atoms with E-state index in [1.54, 1.807) is 6.20 Å². The third-order valence-electron chi connectivity index (χ3n) is 5.87. The van der Waals surface area contributed by atoms with Gasteiger partial charge in [0, 0.05) is 30.7 Å². The molecule has 2 N–H and O–H groups in total. The van der Waals surface area contributed by atoms with Crippen LogP contribution in [0.1, 0.15) is 56.3 Å². The van der Waals surface area contributed by atoms with Gasteiger partial charge in [-0.1, -0.05) is 20.3 Å². The van der Waals surface area contributed by atoms with E-state index in [-0.39, 0.29) is 24.0 Å². The zero-order valence-electron chi connectivity index (χ0n) is 14.8. The van der Waals surface area contributed by atoms with Crippen molar-refractivity contribution in [2.24, 2.45) is 11.3 Å². The number of carbonyl (C=O) groups is 1. The van der Waals surface area contributed by atoms with Gasteiger partial charge in [0.05, 0.1) is 12.2 Å². The lowest BCUT2D eigenvalue weighted by Gasteiger charge is -2.31. The van der Waals surface area contributed by atoms with Gasteiger partial charge >= 0.3 is 0 Å². The van der Waals surface area contributed by atoms with E-state index in [0.717, 1.165) is 44.1 Å². The molecular weight excluding hydrogens is 302 g/mol. The van der Waals surface area contributed by atoms with Gasteiger partial charge in [0.1, 0.15) is 5.82 Å². The zero-order valence-corrected chi connectivity index (χ0v) is 14.8. The molecule has 1 saturated heterocycles. The van der Waals surface area contributed by atoms with E-state index in [1.807, 2.05) is 19.1 Å². The fraction of sp³-hybridized carbons (Fsp3) is 0.684. The number of aromatic nitrogens is 1. The second kappa shape index (κ2) is 7.09. The maximum absolute atomic E-state index is 12.5. The van der Waals surface area contributed by atoms with Gasteiger partial charge in [-0.2, -0.15) is 0 Å². The van der Waals surface area contributed by atoms with Crippen molar-refractivity contribution in [3.05, 3.63) is 23.9 Å². The number of nitrogens with zero attached hydrogens (tertiary/aromatic N) is 2. The smallest absolute Gasteiger partial charge is 0.253 e. The molecule has 0 aromatic carbocycles. The molecule has 5 heteroatoms. The maximum atomic E-state index is 12.5. The number of nitrogens with one attached hydrogen (secondary N) is 1. The highest BCUT2D eigenvalue weighted by Gasteiger charge is 2.39. The van der Waals surface area contributed by atoms with E-state index < -0.39 is 0 Å². The lowest BCUT2D eigenvalue weighted by Crippen LogP contribution is -2.44. The number of pyridine rings is 1. The molecule has 5 nitrogen and oxygen atoms in total. The molecule has 2 fully saturated rings. The van der Waals surface area contributed by atoms with Crippen molar-refractivity contribution in [3.8, 4) is 0 Å². The molecule has 0 radical (unpaired) electrons. The van der Waals surface area contributed by atoms with Gasteiger partial charge in [-0.25, -0.2) is 4.98 Å². The molecule has 1 aromatic heterocycles. The minimum Gasteiger partial charge on any atom is -0.396 e. The van der Waals surface area contributed by atoms with Crippen LogP contribution in [0.25, 0.3) is 0 Å². The average Bonchev–Trinajstić information content (AvgIpc) is 2.97.